The second kappa shape index (κ2) is 4.53. The average Bonchev–Trinajstić information content (AvgIpc) is 2.70. The topological polar surface area (TPSA) is 53.7 Å². The lowest BCUT2D eigenvalue weighted by Crippen LogP contribution is -2.36. The Morgan fingerprint density at radius 2 is 2.06 bits per heavy atom. The number of carbonyl (C=O) groups is 1. The van der Waals surface area contributed by atoms with Gasteiger partial charge in [-0.1, -0.05) is 13.8 Å². The van der Waals surface area contributed by atoms with Gasteiger partial charge in [0.15, 0.2) is 0 Å². The SMILES string of the molecule is CC1(C)CCN(Cc2ccc(C(=O)O)o2)CC1. The highest BCUT2D eigenvalue weighted by Gasteiger charge is 2.25. The Bertz CT molecular complexity index is 399. The molecule has 1 fully saturated rings. The number of rotatable bonds is 3. The van der Waals surface area contributed by atoms with Crippen molar-refractivity contribution in [3.05, 3.63) is 23.7 Å². The maximum Gasteiger partial charge on any atom is 0.371 e. The molecule has 0 bridgehead atoms. The summed E-state index contributed by atoms with van der Waals surface area (Å²) >= 11 is 0. The van der Waals surface area contributed by atoms with E-state index in [1.54, 1.807) is 6.07 Å². The third kappa shape index (κ3) is 3.09. The Kier molecular flexibility index (Phi) is 3.24. The highest BCUT2D eigenvalue weighted by molar-refractivity contribution is 5.84. The Hall–Kier alpha value is -1.29. The van der Waals surface area contributed by atoms with E-state index in [2.05, 4.69) is 18.7 Å². The molecule has 1 saturated heterocycles. The normalized spacial score (nSPS) is 20.4. The van der Waals surface area contributed by atoms with Gasteiger partial charge in [-0.15, -0.1) is 0 Å². The summed E-state index contributed by atoms with van der Waals surface area (Å²) in [5.41, 5.74) is 0.436. The van der Waals surface area contributed by atoms with E-state index in [0.717, 1.165) is 18.8 Å². The predicted molar refractivity (Wildman–Crippen MR) is 64.0 cm³/mol. The number of aromatic carboxylic acids is 1. The molecule has 4 heteroatoms. The largest absolute Gasteiger partial charge is 0.475 e. The van der Waals surface area contributed by atoms with Gasteiger partial charge in [-0.2, -0.15) is 0 Å². The van der Waals surface area contributed by atoms with E-state index in [-0.39, 0.29) is 5.76 Å². The van der Waals surface area contributed by atoms with E-state index in [1.165, 1.54) is 18.9 Å². The molecule has 0 aromatic carbocycles. The molecule has 1 aliphatic rings. The molecule has 1 aliphatic heterocycles. The second-order valence-corrected chi connectivity index (χ2v) is 5.51. The van der Waals surface area contributed by atoms with Gasteiger partial charge >= 0.3 is 5.97 Å². The minimum Gasteiger partial charge on any atom is -0.475 e. The summed E-state index contributed by atoms with van der Waals surface area (Å²) in [6.07, 6.45) is 2.36. The van der Waals surface area contributed by atoms with E-state index >= 15 is 0 Å². The first-order valence-corrected chi connectivity index (χ1v) is 6.01. The lowest BCUT2D eigenvalue weighted by atomic mass is 9.83. The number of likely N-dealkylation sites (tertiary alicyclic amines) is 1. The van der Waals surface area contributed by atoms with Gasteiger partial charge in [0.05, 0.1) is 6.54 Å². The molecule has 2 rings (SSSR count). The minimum atomic E-state index is -1.00. The van der Waals surface area contributed by atoms with E-state index in [9.17, 15) is 4.79 Å². The van der Waals surface area contributed by atoms with E-state index < -0.39 is 5.97 Å². The number of carboxylic acids is 1. The van der Waals surface area contributed by atoms with Crippen molar-refractivity contribution in [3.8, 4) is 0 Å². The molecular formula is C13H19NO3. The molecule has 0 spiro atoms. The number of piperidine rings is 1. The van der Waals surface area contributed by atoms with Crippen LogP contribution in [0.1, 0.15) is 43.0 Å². The van der Waals surface area contributed by atoms with Crippen LogP contribution in [-0.2, 0) is 6.54 Å². The fraction of sp³-hybridized carbons (Fsp3) is 0.615. The summed E-state index contributed by atoms with van der Waals surface area (Å²) in [5, 5.41) is 8.77. The van der Waals surface area contributed by atoms with Gasteiger partial charge in [-0.25, -0.2) is 4.79 Å². The predicted octanol–water partition coefficient (Wildman–Crippen LogP) is 2.60. The first-order chi connectivity index (χ1) is 7.96. The molecule has 2 heterocycles. The summed E-state index contributed by atoms with van der Waals surface area (Å²) in [5.74, 6) is -0.240. The van der Waals surface area contributed by atoms with Crippen LogP contribution in [0.25, 0.3) is 0 Å². The number of carboxylic acid groups (broad SMARTS) is 1. The van der Waals surface area contributed by atoms with Crippen LogP contribution in [0.15, 0.2) is 16.5 Å². The molecule has 0 saturated carbocycles. The molecule has 0 amide bonds. The first kappa shape index (κ1) is 12.2. The Morgan fingerprint density at radius 3 is 2.59 bits per heavy atom. The fourth-order valence-electron chi connectivity index (χ4n) is 2.11. The number of hydrogen-bond acceptors (Lipinski definition) is 3. The van der Waals surface area contributed by atoms with Crippen molar-refractivity contribution in [1.29, 1.82) is 0 Å². The van der Waals surface area contributed by atoms with Gasteiger partial charge in [-0.3, -0.25) is 4.90 Å². The Balaban J connectivity index is 1.91. The van der Waals surface area contributed by atoms with Crippen molar-refractivity contribution < 1.29 is 14.3 Å². The van der Waals surface area contributed by atoms with Gasteiger partial charge in [0, 0.05) is 0 Å². The third-order valence-corrected chi connectivity index (χ3v) is 3.46. The molecule has 1 aromatic rings. The van der Waals surface area contributed by atoms with Crippen molar-refractivity contribution in [2.24, 2.45) is 5.41 Å². The van der Waals surface area contributed by atoms with Crippen molar-refractivity contribution >= 4 is 5.97 Å². The van der Waals surface area contributed by atoms with Gasteiger partial charge in [0.1, 0.15) is 5.76 Å². The number of furan rings is 1. The van der Waals surface area contributed by atoms with Crippen molar-refractivity contribution in [1.82, 2.24) is 4.90 Å². The summed E-state index contributed by atoms with van der Waals surface area (Å²) in [6, 6.07) is 3.27. The molecular weight excluding hydrogens is 218 g/mol. The van der Waals surface area contributed by atoms with Crippen molar-refractivity contribution in [3.63, 3.8) is 0 Å². The maximum absolute atomic E-state index is 10.7. The van der Waals surface area contributed by atoms with Crippen LogP contribution in [0.2, 0.25) is 0 Å². The van der Waals surface area contributed by atoms with Crippen LogP contribution in [0.4, 0.5) is 0 Å². The van der Waals surface area contributed by atoms with Crippen LogP contribution in [0, 0.1) is 5.41 Å². The van der Waals surface area contributed by atoms with Crippen LogP contribution < -0.4 is 0 Å². The monoisotopic (exact) mass is 237 g/mol. The number of nitrogens with zero attached hydrogens (tertiary/aromatic N) is 1. The molecule has 0 aliphatic carbocycles. The average molecular weight is 237 g/mol. The second-order valence-electron chi connectivity index (χ2n) is 5.51. The zero-order chi connectivity index (χ0) is 12.5. The van der Waals surface area contributed by atoms with E-state index in [1.807, 2.05) is 0 Å². The maximum atomic E-state index is 10.7. The fourth-order valence-corrected chi connectivity index (χ4v) is 2.11. The molecule has 17 heavy (non-hydrogen) atoms. The van der Waals surface area contributed by atoms with Crippen LogP contribution in [0.3, 0.4) is 0 Å². The smallest absolute Gasteiger partial charge is 0.371 e. The standard InChI is InChI=1S/C13H19NO3/c1-13(2)5-7-14(8-6-13)9-10-3-4-11(17-10)12(15)16/h3-4H,5-9H2,1-2H3,(H,15,16). The Morgan fingerprint density at radius 1 is 1.41 bits per heavy atom. The molecule has 0 atom stereocenters. The summed E-state index contributed by atoms with van der Waals surface area (Å²) in [4.78, 5) is 13.0. The number of hydrogen-bond donors (Lipinski definition) is 1. The third-order valence-electron chi connectivity index (χ3n) is 3.46. The molecule has 0 unspecified atom stereocenters. The van der Waals surface area contributed by atoms with Gasteiger partial charge in [0.2, 0.25) is 5.76 Å². The molecule has 4 nitrogen and oxygen atoms in total. The zero-order valence-corrected chi connectivity index (χ0v) is 10.4. The quantitative estimate of drug-likeness (QED) is 0.878. The highest BCUT2D eigenvalue weighted by Crippen LogP contribution is 2.30. The van der Waals surface area contributed by atoms with Gasteiger partial charge in [0.25, 0.3) is 0 Å². The van der Waals surface area contributed by atoms with Gasteiger partial charge < -0.3 is 9.52 Å². The first-order valence-electron chi connectivity index (χ1n) is 6.01. The highest BCUT2D eigenvalue weighted by atomic mass is 16.4. The van der Waals surface area contributed by atoms with Crippen molar-refractivity contribution in [2.75, 3.05) is 13.1 Å². The summed E-state index contributed by atoms with van der Waals surface area (Å²) in [7, 11) is 0. The molecule has 94 valence electrons. The molecule has 0 radical (unpaired) electrons. The van der Waals surface area contributed by atoms with Crippen LogP contribution in [0.5, 0.6) is 0 Å². The minimum absolute atomic E-state index is 0.0253. The zero-order valence-electron chi connectivity index (χ0n) is 10.4. The molecule has 1 aromatic heterocycles. The lowest BCUT2D eigenvalue weighted by Gasteiger charge is -2.36. The van der Waals surface area contributed by atoms with E-state index in [4.69, 9.17) is 9.52 Å². The van der Waals surface area contributed by atoms with Gasteiger partial charge in [-0.05, 0) is 43.5 Å². The van der Waals surface area contributed by atoms with Crippen LogP contribution >= 0.6 is 0 Å². The molecule has 1 N–H and O–H groups in total. The van der Waals surface area contributed by atoms with Crippen LogP contribution in [-0.4, -0.2) is 29.1 Å². The Labute approximate surface area is 101 Å². The lowest BCUT2D eigenvalue weighted by molar-refractivity contribution is 0.0656. The summed E-state index contributed by atoms with van der Waals surface area (Å²) in [6.45, 7) is 7.40. The van der Waals surface area contributed by atoms with Crippen molar-refractivity contribution in [2.45, 2.75) is 33.2 Å². The summed E-state index contributed by atoms with van der Waals surface area (Å²) < 4.78 is 5.26. The van der Waals surface area contributed by atoms with E-state index in [0.29, 0.717) is 12.0 Å².